The minimum Gasteiger partial charge on any atom is -0.478 e. The minimum atomic E-state index is -1.28. The number of halogens is 2. The summed E-state index contributed by atoms with van der Waals surface area (Å²) in [4.78, 5) is 18.2. The summed E-state index contributed by atoms with van der Waals surface area (Å²) >= 11 is 5.96. The third-order valence-corrected chi connectivity index (χ3v) is 8.49. The molecule has 0 spiro atoms. The third-order valence-electron chi connectivity index (χ3n) is 8.25. The lowest BCUT2D eigenvalue weighted by molar-refractivity contribution is -0.131. The number of aliphatic carboxylic acids is 1. The number of rotatable bonds is 8. The Bertz CT molecular complexity index is 1460. The second-order valence-electron chi connectivity index (χ2n) is 11.1. The lowest BCUT2D eigenvalue weighted by Gasteiger charge is -2.32. The van der Waals surface area contributed by atoms with E-state index < -0.39 is 17.6 Å². The van der Waals surface area contributed by atoms with E-state index in [2.05, 4.69) is 20.5 Å². The van der Waals surface area contributed by atoms with Gasteiger partial charge in [0.15, 0.2) is 11.5 Å². The van der Waals surface area contributed by atoms with E-state index >= 15 is 0 Å². The van der Waals surface area contributed by atoms with Crippen LogP contribution >= 0.6 is 11.6 Å². The van der Waals surface area contributed by atoms with E-state index in [1.165, 1.54) is 6.07 Å². The van der Waals surface area contributed by atoms with Crippen molar-refractivity contribution in [1.29, 1.82) is 0 Å². The van der Waals surface area contributed by atoms with Crippen molar-refractivity contribution in [3.8, 4) is 11.5 Å². The molecular formula is C31H33ClFN3O5. The second kappa shape index (κ2) is 11.5. The normalized spacial score (nSPS) is 23.0. The van der Waals surface area contributed by atoms with E-state index in [4.69, 9.17) is 30.9 Å². The summed E-state index contributed by atoms with van der Waals surface area (Å²) in [5, 5.41) is 9.44. The Morgan fingerprint density at radius 2 is 2.05 bits per heavy atom. The van der Waals surface area contributed by atoms with Crippen LogP contribution in [0.4, 0.5) is 4.39 Å². The van der Waals surface area contributed by atoms with Gasteiger partial charge in [-0.05, 0) is 68.6 Å². The summed E-state index contributed by atoms with van der Waals surface area (Å²) in [6.07, 6.45) is 7.36. The van der Waals surface area contributed by atoms with Gasteiger partial charge in [-0.2, -0.15) is 0 Å². The molecule has 3 aliphatic heterocycles. The van der Waals surface area contributed by atoms with Gasteiger partial charge in [-0.15, -0.1) is 0 Å². The van der Waals surface area contributed by atoms with Crippen molar-refractivity contribution in [2.75, 3.05) is 26.3 Å². The molecular weight excluding hydrogens is 549 g/mol. The van der Waals surface area contributed by atoms with Crippen molar-refractivity contribution < 1.29 is 28.5 Å². The van der Waals surface area contributed by atoms with Crippen molar-refractivity contribution in [3.05, 3.63) is 82.2 Å². The fraction of sp³-hybridized carbons (Fsp3) is 0.419. The lowest BCUT2D eigenvalue weighted by atomic mass is 9.88. The number of nitrogens with zero attached hydrogens (tertiary/aromatic N) is 3. The van der Waals surface area contributed by atoms with Gasteiger partial charge < -0.3 is 23.9 Å². The Labute approximate surface area is 243 Å². The van der Waals surface area contributed by atoms with E-state index in [9.17, 15) is 9.18 Å². The van der Waals surface area contributed by atoms with E-state index in [-0.39, 0.29) is 5.92 Å². The predicted octanol–water partition coefficient (Wildman–Crippen LogP) is 5.83. The second-order valence-corrected chi connectivity index (χ2v) is 11.5. The fourth-order valence-electron chi connectivity index (χ4n) is 6.08. The summed E-state index contributed by atoms with van der Waals surface area (Å²) in [6, 6.07) is 10.4. The molecule has 3 aliphatic rings. The summed E-state index contributed by atoms with van der Waals surface area (Å²) in [7, 11) is 0. The molecule has 2 saturated heterocycles. The number of imidazole rings is 1. The number of benzene rings is 2. The molecule has 216 valence electrons. The molecule has 0 bridgehead atoms. The number of carbonyl (C=O) groups is 1. The Morgan fingerprint density at radius 1 is 1.22 bits per heavy atom. The number of carboxylic acid groups (broad SMARTS) is 1. The number of para-hydroxylation sites is 1. The highest BCUT2D eigenvalue weighted by atomic mass is 35.5. The number of fused-ring (bicyclic) bond motifs is 1. The van der Waals surface area contributed by atoms with E-state index in [1.807, 2.05) is 12.1 Å². The highest BCUT2D eigenvalue weighted by Gasteiger charge is 2.43. The van der Waals surface area contributed by atoms with Crippen molar-refractivity contribution in [1.82, 2.24) is 14.5 Å². The maximum atomic E-state index is 14.8. The van der Waals surface area contributed by atoms with Crippen LogP contribution in [-0.4, -0.2) is 51.8 Å². The number of ether oxygens (including phenoxy) is 3. The first kappa shape index (κ1) is 27.8. The smallest absolute Gasteiger partial charge is 0.328 e. The largest absolute Gasteiger partial charge is 0.478 e. The van der Waals surface area contributed by atoms with Crippen LogP contribution in [0.3, 0.4) is 0 Å². The average molecular weight is 582 g/mol. The number of hydrogen-bond donors (Lipinski definition) is 1. The predicted molar refractivity (Wildman–Crippen MR) is 152 cm³/mol. The zero-order valence-corrected chi connectivity index (χ0v) is 23.6. The molecule has 2 atom stereocenters. The van der Waals surface area contributed by atoms with E-state index in [0.717, 1.165) is 68.7 Å². The SMILES string of the molecule is CC1(c2ccc(Cl)cc2F)Oc2cccc(C3CCN(Cc4ncc(/C=C/C(=O)O)n4C[C@@H]4CCOC4)CC3)c2O1. The molecule has 10 heteroatoms. The number of likely N-dealkylation sites (tertiary alicyclic amines) is 1. The van der Waals surface area contributed by atoms with Gasteiger partial charge in [-0.1, -0.05) is 23.7 Å². The average Bonchev–Trinajstić information content (AvgIpc) is 3.67. The maximum absolute atomic E-state index is 14.8. The number of aromatic nitrogens is 2. The molecule has 0 aliphatic carbocycles. The summed E-state index contributed by atoms with van der Waals surface area (Å²) in [5.41, 5.74) is 2.17. The van der Waals surface area contributed by atoms with E-state index in [1.54, 1.807) is 31.3 Å². The molecule has 0 radical (unpaired) electrons. The minimum absolute atomic E-state index is 0.270. The van der Waals surface area contributed by atoms with Gasteiger partial charge in [0.05, 0.1) is 30.6 Å². The van der Waals surface area contributed by atoms with Crippen LogP contribution in [0.25, 0.3) is 6.08 Å². The van der Waals surface area contributed by atoms with Gasteiger partial charge in [0.1, 0.15) is 11.6 Å². The van der Waals surface area contributed by atoms with Crippen LogP contribution in [0, 0.1) is 11.7 Å². The van der Waals surface area contributed by atoms with Crippen LogP contribution in [0.5, 0.6) is 11.5 Å². The summed E-state index contributed by atoms with van der Waals surface area (Å²) in [5.74, 6) is 0.148. The Hall–Kier alpha value is -3.40. The van der Waals surface area contributed by atoms with Crippen LogP contribution in [-0.2, 0) is 28.4 Å². The van der Waals surface area contributed by atoms with Gasteiger partial charge in [-0.25, -0.2) is 14.2 Å². The fourth-order valence-corrected chi connectivity index (χ4v) is 6.24. The van der Waals surface area contributed by atoms with Crippen molar-refractivity contribution in [3.63, 3.8) is 0 Å². The summed E-state index contributed by atoms with van der Waals surface area (Å²) in [6.45, 7) is 6.38. The molecule has 6 rings (SSSR count). The summed E-state index contributed by atoms with van der Waals surface area (Å²) < 4.78 is 35.0. The Morgan fingerprint density at radius 3 is 2.78 bits per heavy atom. The molecule has 41 heavy (non-hydrogen) atoms. The first-order valence-electron chi connectivity index (χ1n) is 14.0. The molecule has 2 aromatic carbocycles. The van der Waals surface area contributed by atoms with Crippen LogP contribution in [0.1, 0.15) is 54.7 Å². The van der Waals surface area contributed by atoms with E-state index in [0.29, 0.717) is 41.2 Å². The van der Waals surface area contributed by atoms with Crippen LogP contribution < -0.4 is 9.47 Å². The number of carboxylic acids is 1. The highest BCUT2D eigenvalue weighted by molar-refractivity contribution is 6.30. The molecule has 8 nitrogen and oxygen atoms in total. The highest BCUT2D eigenvalue weighted by Crippen LogP contribution is 2.49. The van der Waals surface area contributed by atoms with Crippen molar-refractivity contribution in [2.24, 2.45) is 5.92 Å². The topological polar surface area (TPSA) is 86.1 Å². The molecule has 2 fully saturated rings. The van der Waals surface area contributed by atoms with Gasteiger partial charge in [0, 0.05) is 42.7 Å². The third kappa shape index (κ3) is 5.84. The van der Waals surface area contributed by atoms with Crippen LogP contribution in [0.2, 0.25) is 5.02 Å². The lowest BCUT2D eigenvalue weighted by Crippen LogP contribution is -2.34. The van der Waals surface area contributed by atoms with Gasteiger partial charge in [-0.3, -0.25) is 4.90 Å². The zero-order valence-electron chi connectivity index (χ0n) is 22.9. The molecule has 1 unspecified atom stereocenters. The van der Waals surface area contributed by atoms with Crippen LogP contribution in [0.15, 0.2) is 48.7 Å². The molecule has 3 aromatic rings. The van der Waals surface area contributed by atoms with Gasteiger partial charge in [0.2, 0.25) is 0 Å². The van der Waals surface area contributed by atoms with Crippen molar-refractivity contribution >= 4 is 23.6 Å². The van der Waals surface area contributed by atoms with Gasteiger partial charge >= 0.3 is 5.97 Å². The Balaban J connectivity index is 1.14. The molecule has 1 N–H and O–H groups in total. The first-order chi connectivity index (χ1) is 19.8. The first-order valence-corrected chi connectivity index (χ1v) is 14.4. The maximum Gasteiger partial charge on any atom is 0.328 e. The quantitative estimate of drug-likeness (QED) is 0.335. The van der Waals surface area contributed by atoms with Crippen molar-refractivity contribution in [2.45, 2.75) is 51.0 Å². The standard InChI is InChI=1S/C31H33ClFN3O5/c1-31(25-7-5-22(32)15-26(25)33)40-27-4-2-3-24(30(27)41-31)21-9-12-35(13-10-21)18-28-34-16-23(6-8-29(37)38)36(28)17-20-11-14-39-19-20/h2-8,15-16,20-21H,9-14,17-19H2,1H3,(H,37,38)/b8-6+/t20-,31?/m0/s1. The number of hydrogen-bond acceptors (Lipinski definition) is 6. The molecule has 1 aromatic heterocycles. The monoisotopic (exact) mass is 581 g/mol. The zero-order chi connectivity index (χ0) is 28.6. The molecule has 0 amide bonds. The Kier molecular flexibility index (Phi) is 7.76. The van der Waals surface area contributed by atoms with Gasteiger partial charge in [0.25, 0.3) is 5.79 Å². The molecule has 0 saturated carbocycles. The number of piperidine rings is 1. The molecule has 4 heterocycles.